The molecule has 0 spiro atoms. The highest BCUT2D eigenvalue weighted by atomic mass is 32.1. The molecule has 0 saturated carbocycles. The molecule has 1 aliphatic rings. The third-order valence-electron chi connectivity index (χ3n) is 6.19. The van der Waals surface area contributed by atoms with Crippen LogP contribution in [0.15, 0.2) is 79.5 Å². The molecule has 1 aliphatic heterocycles. The van der Waals surface area contributed by atoms with Crippen LogP contribution in [0.3, 0.4) is 0 Å². The number of benzene rings is 2. The van der Waals surface area contributed by atoms with Gasteiger partial charge in [-0.1, -0.05) is 73.8 Å². The van der Waals surface area contributed by atoms with Crippen LogP contribution in [-0.2, 0) is 33.9 Å². The number of Topliss-reactive ketones (excluding diaryl/α,β-unsaturated/α-hetero) is 1. The highest BCUT2D eigenvalue weighted by Gasteiger charge is 2.32. The summed E-state index contributed by atoms with van der Waals surface area (Å²) in [7, 11) is 0. The predicted octanol–water partition coefficient (Wildman–Crippen LogP) is 6.28. The van der Waals surface area contributed by atoms with Crippen LogP contribution in [0.4, 0.5) is 5.00 Å². The van der Waals surface area contributed by atoms with Gasteiger partial charge in [0.1, 0.15) is 5.00 Å². The van der Waals surface area contributed by atoms with Crippen molar-refractivity contribution in [1.29, 1.82) is 0 Å². The van der Waals surface area contributed by atoms with Crippen LogP contribution in [0.5, 0.6) is 0 Å². The second-order valence-corrected chi connectivity index (χ2v) is 10.3. The summed E-state index contributed by atoms with van der Waals surface area (Å²) in [5, 5.41) is 7.91. The van der Waals surface area contributed by atoms with Crippen molar-refractivity contribution < 1.29 is 14.3 Å². The summed E-state index contributed by atoms with van der Waals surface area (Å²) in [6, 6.07) is 20.5. The molecule has 5 nitrogen and oxygen atoms in total. The van der Waals surface area contributed by atoms with E-state index in [0.29, 0.717) is 32.1 Å². The van der Waals surface area contributed by atoms with E-state index in [4.69, 9.17) is 9.47 Å². The molecule has 3 aromatic rings. The fourth-order valence-electron chi connectivity index (χ4n) is 4.39. The van der Waals surface area contributed by atoms with Crippen molar-refractivity contribution in [1.82, 2.24) is 5.32 Å². The van der Waals surface area contributed by atoms with Crippen LogP contribution in [0.25, 0.3) is 5.57 Å². The number of hydrogen-bond acceptors (Lipinski definition) is 6. The quantitative estimate of drug-likeness (QED) is 0.285. The maximum Gasteiger partial charge on any atom is 0.175 e. The van der Waals surface area contributed by atoms with Gasteiger partial charge in [0.15, 0.2) is 5.78 Å². The number of carbonyl (C=O) groups excluding carboxylic acids is 1. The van der Waals surface area contributed by atoms with Gasteiger partial charge in [-0.05, 0) is 35.6 Å². The number of carbonyl (C=O) groups is 1. The fourth-order valence-corrected chi connectivity index (χ4v) is 5.77. The number of ether oxygens (including phenoxy) is 2. The van der Waals surface area contributed by atoms with Gasteiger partial charge in [0.2, 0.25) is 0 Å². The Kier molecular flexibility index (Phi) is 8.88. The van der Waals surface area contributed by atoms with Gasteiger partial charge in [-0.25, -0.2) is 0 Å². The van der Waals surface area contributed by atoms with Crippen LogP contribution < -0.4 is 10.6 Å². The Hall–Kier alpha value is -3.03. The lowest BCUT2D eigenvalue weighted by molar-refractivity contribution is -0.113. The first-order valence-corrected chi connectivity index (χ1v) is 13.0. The van der Waals surface area contributed by atoms with E-state index in [1.807, 2.05) is 43.3 Å². The van der Waals surface area contributed by atoms with Crippen LogP contribution in [0, 0.1) is 0 Å². The van der Waals surface area contributed by atoms with E-state index in [-0.39, 0.29) is 17.9 Å². The van der Waals surface area contributed by atoms with Crippen LogP contribution >= 0.6 is 11.3 Å². The minimum absolute atomic E-state index is 0.00651. The van der Waals surface area contributed by atoms with E-state index in [2.05, 4.69) is 48.1 Å². The summed E-state index contributed by atoms with van der Waals surface area (Å²) in [4.78, 5) is 13.1. The largest absolute Gasteiger partial charge is 0.375 e. The number of ketones is 1. The number of hydrogen-bond donors (Lipinski definition) is 2. The Morgan fingerprint density at radius 1 is 0.972 bits per heavy atom. The highest BCUT2D eigenvalue weighted by molar-refractivity contribution is 7.16. The molecule has 2 heterocycles. The van der Waals surface area contributed by atoms with E-state index in [0.717, 1.165) is 33.7 Å². The van der Waals surface area contributed by atoms with E-state index >= 15 is 0 Å². The molecule has 0 bridgehead atoms. The number of rotatable bonds is 12. The van der Waals surface area contributed by atoms with E-state index < -0.39 is 0 Å². The Morgan fingerprint density at radius 2 is 1.56 bits per heavy atom. The van der Waals surface area contributed by atoms with Gasteiger partial charge in [0.05, 0.1) is 38.2 Å². The molecular formula is C30H34N2O3S. The van der Waals surface area contributed by atoms with Crippen molar-refractivity contribution in [3.63, 3.8) is 0 Å². The average Bonchev–Trinajstić information content (AvgIpc) is 3.23. The third-order valence-corrected chi connectivity index (χ3v) is 7.45. The number of allylic oxidation sites excluding steroid dienone is 2. The first-order valence-electron chi connectivity index (χ1n) is 12.2. The summed E-state index contributed by atoms with van der Waals surface area (Å²) in [6.07, 6.45) is 0.812. The lowest BCUT2D eigenvalue weighted by Crippen LogP contribution is -2.43. The first kappa shape index (κ1) is 26.0. The summed E-state index contributed by atoms with van der Waals surface area (Å²) in [5.41, 5.74) is 5.95. The molecule has 0 radical (unpaired) electrons. The number of nitrogens with one attached hydrogen (secondary N) is 2. The summed E-state index contributed by atoms with van der Waals surface area (Å²) < 4.78 is 12.3. The standard InChI is InChI=1S/C30H34N2O3S/c1-20(2)28-26-15-25(18-34-16-23-11-7-5-8-12-23)32-27(19-35-17-24-13-9-6-10-14-24)29(26)36-30(28)31-21(3)22(4)33/h5-14,25,27,31-32H,1,3,15-19H2,2,4H3. The maximum absolute atomic E-state index is 11.9. The predicted molar refractivity (Wildman–Crippen MR) is 148 cm³/mol. The van der Waals surface area contributed by atoms with E-state index in [1.165, 1.54) is 17.4 Å². The van der Waals surface area contributed by atoms with Crippen LogP contribution in [0.2, 0.25) is 0 Å². The van der Waals surface area contributed by atoms with Crippen molar-refractivity contribution in [2.75, 3.05) is 18.5 Å². The zero-order valence-corrected chi connectivity index (χ0v) is 21.8. The normalized spacial score (nSPS) is 16.8. The second kappa shape index (κ2) is 12.3. The van der Waals surface area contributed by atoms with Crippen LogP contribution in [-0.4, -0.2) is 25.0 Å². The molecule has 2 unspecified atom stereocenters. The topological polar surface area (TPSA) is 59.6 Å². The average molecular weight is 503 g/mol. The lowest BCUT2D eigenvalue weighted by Gasteiger charge is -2.31. The third kappa shape index (κ3) is 6.59. The van der Waals surface area contributed by atoms with Gasteiger partial charge < -0.3 is 20.1 Å². The zero-order chi connectivity index (χ0) is 25.5. The van der Waals surface area contributed by atoms with Gasteiger partial charge in [-0.15, -0.1) is 11.3 Å². The monoisotopic (exact) mass is 502 g/mol. The molecule has 0 fully saturated rings. The second-order valence-electron chi connectivity index (χ2n) is 9.21. The smallest absolute Gasteiger partial charge is 0.175 e. The molecule has 188 valence electrons. The highest BCUT2D eigenvalue weighted by Crippen LogP contribution is 2.44. The summed E-state index contributed by atoms with van der Waals surface area (Å²) >= 11 is 1.64. The number of fused-ring (bicyclic) bond motifs is 1. The van der Waals surface area contributed by atoms with E-state index in [9.17, 15) is 4.79 Å². The Labute approximate surface area is 217 Å². The fraction of sp³-hybridized carbons (Fsp3) is 0.300. The molecule has 36 heavy (non-hydrogen) atoms. The Bertz CT molecular complexity index is 1200. The molecule has 6 heteroatoms. The van der Waals surface area contributed by atoms with Gasteiger partial charge in [-0.2, -0.15) is 0 Å². The molecule has 2 N–H and O–H groups in total. The molecule has 0 aliphatic carbocycles. The molecule has 1 aromatic heterocycles. The van der Waals surface area contributed by atoms with Gasteiger partial charge in [0.25, 0.3) is 0 Å². The minimum atomic E-state index is -0.0814. The number of thiophene rings is 1. The van der Waals surface area contributed by atoms with Crippen molar-refractivity contribution in [2.45, 2.75) is 45.6 Å². The zero-order valence-electron chi connectivity index (χ0n) is 21.0. The van der Waals surface area contributed by atoms with Gasteiger partial charge in [-0.3, -0.25) is 4.79 Å². The SMILES string of the molecule is C=C(Nc1sc2c(c1C(=C)C)CC(COCc1ccccc1)NC2COCc1ccccc1)C(C)=O. The molecule has 0 amide bonds. The van der Waals surface area contributed by atoms with E-state index in [1.54, 1.807) is 11.3 Å². The first-order chi connectivity index (χ1) is 17.4. The maximum atomic E-state index is 11.9. The molecule has 2 aromatic carbocycles. The molecular weight excluding hydrogens is 468 g/mol. The number of anilines is 1. The van der Waals surface area contributed by atoms with Crippen molar-refractivity contribution in [2.24, 2.45) is 0 Å². The Morgan fingerprint density at radius 3 is 2.11 bits per heavy atom. The van der Waals surface area contributed by atoms with Gasteiger partial charge in [0, 0.05) is 23.4 Å². The summed E-state index contributed by atoms with van der Waals surface area (Å²) in [6.45, 7) is 13.9. The lowest BCUT2D eigenvalue weighted by atomic mass is 9.92. The molecule has 4 rings (SSSR count). The molecule has 0 saturated heterocycles. The van der Waals surface area contributed by atoms with Crippen molar-refractivity contribution in [3.8, 4) is 0 Å². The van der Waals surface area contributed by atoms with Gasteiger partial charge >= 0.3 is 0 Å². The van der Waals surface area contributed by atoms with Crippen molar-refractivity contribution >= 4 is 27.7 Å². The molecule has 2 atom stereocenters. The minimum Gasteiger partial charge on any atom is -0.375 e. The Balaban J connectivity index is 1.54. The van der Waals surface area contributed by atoms with Crippen LogP contribution in [0.1, 0.15) is 47.0 Å². The van der Waals surface area contributed by atoms with Crippen molar-refractivity contribution in [3.05, 3.63) is 107 Å². The summed E-state index contributed by atoms with van der Waals surface area (Å²) in [5.74, 6) is -0.0814.